The maximum Gasteiger partial charge on any atom is 0.196 e. The van der Waals surface area contributed by atoms with Crippen LogP contribution in [0.15, 0.2) is 59.9 Å². The lowest BCUT2D eigenvalue weighted by molar-refractivity contribution is 0.640. The minimum absolute atomic E-state index is 0.00828. The summed E-state index contributed by atoms with van der Waals surface area (Å²) in [6.07, 6.45) is 9.05. The van der Waals surface area contributed by atoms with E-state index in [9.17, 15) is 4.79 Å². The molecule has 1 N–H and O–H groups in total. The molecule has 0 atom stereocenters. The lowest BCUT2D eigenvalue weighted by Crippen LogP contribution is -2.21. The number of benzene rings is 1. The van der Waals surface area contributed by atoms with Crippen LogP contribution >= 0.6 is 0 Å². The molecule has 0 bridgehead atoms. The lowest BCUT2D eigenvalue weighted by Gasteiger charge is -2.15. The highest BCUT2D eigenvalue weighted by molar-refractivity contribution is 5.79. The van der Waals surface area contributed by atoms with Crippen LogP contribution in [-0.4, -0.2) is 30.6 Å². The fraction of sp³-hybridized carbons (Fsp3) is 0.273. The fourth-order valence-corrected chi connectivity index (χ4v) is 4.16. The average Bonchev–Trinajstić information content (AvgIpc) is 3.39. The molecule has 1 aliphatic rings. The smallest absolute Gasteiger partial charge is 0.196 e. The van der Waals surface area contributed by atoms with Crippen molar-refractivity contribution >= 4 is 16.7 Å². The lowest BCUT2D eigenvalue weighted by atomic mass is 10.1. The first-order valence-electron chi connectivity index (χ1n) is 9.90. The Labute approximate surface area is 168 Å². The van der Waals surface area contributed by atoms with E-state index in [0.717, 1.165) is 25.1 Å². The number of fused-ring (bicyclic) bond motifs is 2. The summed E-state index contributed by atoms with van der Waals surface area (Å²) in [5, 5.41) is 12.0. The molecule has 29 heavy (non-hydrogen) atoms. The highest BCUT2D eigenvalue weighted by Gasteiger charge is 2.21. The molecule has 0 amide bonds. The molecule has 0 saturated heterocycles. The van der Waals surface area contributed by atoms with E-state index in [1.807, 2.05) is 30.0 Å². The zero-order valence-electron chi connectivity index (χ0n) is 16.2. The molecular weight excluding hydrogens is 364 g/mol. The molecule has 3 aromatic heterocycles. The van der Waals surface area contributed by atoms with Crippen molar-refractivity contribution in [3.63, 3.8) is 0 Å². The number of hydrogen-bond donors (Lipinski definition) is 1. The summed E-state index contributed by atoms with van der Waals surface area (Å²) in [5.41, 5.74) is 5.04. The third kappa shape index (κ3) is 3.29. The SMILES string of the molecule is CCn1cc(Cn2ccnn2)c(=O)c2cc(NC3Cc4ccccc4C3)cnc21. The fourth-order valence-electron chi connectivity index (χ4n) is 4.16. The number of hydrogen-bond acceptors (Lipinski definition) is 5. The van der Waals surface area contributed by atoms with Gasteiger partial charge in [-0.05, 0) is 37.0 Å². The van der Waals surface area contributed by atoms with Gasteiger partial charge < -0.3 is 9.88 Å². The maximum absolute atomic E-state index is 13.1. The predicted molar refractivity (Wildman–Crippen MR) is 112 cm³/mol. The van der Waals surface area contributed by atoms with E-state index in [2.05, 4.69) is 44.9 Å². The van der Waals surface area contributed by atoms with Gasteiger partial charge in [-0.3, -0.25) is 4.79 Å². The number of rotatable bonds is 5. The number of nitrogens with one attached hydrogen (secondary N) is 1. The average molecular weight is 386 g/mol. The van der Waals surface area contributed by atoms with Crippen LogP contribution in [0, 0.1) is 0 Å². The monoisotopic (exact) mass is 386 g/mol. The van der Waals surface area contributed by atoms with Gasteiger partial charge in [0.2, 0.25) is 0 Å². The standard InChI is InChI=1S/C22H22N6O/c1-2-27-13-17(14-28-8-7-24-26-28)21(29)20-11-19(12-23-22(20)27)25-18-9-15-5-3-4-6-16(15)10-18/h3-8,11-13,18,25H,2,9-10,14H2,1H3. The van der Waals surface area contributed by atoms with Crippen molar-refractivity contribution in [3.05, 3.63) is 82.0 Å². The van der Waals surface area contributed by atoms with Gasteiger partial charge in [-0.2, -0.15) is 0 Å². The number of nitrogens with zero attached hydrogens (tertiary/aromatic N) is 5. The zero-order chi connectivity index (χ0) is 19.8. The van der Waals surface area contributed by atoms with Gasteiger partial charge in [-0.25, -0.2) is 9.67 Å². The summed E-state index contributed by atoms with van der Waals surface area (Å²) in [4.78, 5) is 17.8. The number of aryl methyl sites for hydroxylation is 1. The molecule has 5 rings (SSSR count). The van der Waals surface area contributed by atoms with Crippen LogP contribution in [0.3, 0.4) is 0 Å². The molecular formula is C22H22N6O. The number of anilines is 1. The van der Waals surface area contributed by atoms with Gasteiger partial charge in [-0.15, -0.1) is 5.10 Å². The van der Waals surface area contributed by atoms with Crippen LogP contribution in [-0.2, 0) is 25.9 Å². The Morgan fingerprint density at radius 1 is 1.21 bits per heavy atom. The van der Waals surface area contributed by atoms with Gasteiger partial charge in [0.15, 0.2) is 5.43 Å². The van der Waals surface area contributed by atoms with Gasteiger partial charge in [0.1, 0.15) is 5.65 Å². The van der Waals surface area contributed by atoms with Crippen molar-refractivity contribution in [2.24, 2.45) is 0 Å². The van der Waals surface area contributed by atoms with E-state index in [1.54, 1.807) is 17.1 Å². The van der Waals surface area contributed by atoms with Gasteiger partial charge >= 0.3 is 0 Å². The van der Waals surface area contributed by atoms with Crippen LogP contribution in [0.2, 0.25) is 0 Å². The van der Waals surface area contributed by atoms with E-state index >= 15 is 0 Å². The number of aromatic nitrogens is 5. The van der Waals surface area contributed by atoms with E-state index in [4.69, 9.17) is 0 Å². The molecule has 1 aromatic carbocycles. The van der Waals surface area contributed by atoms with Crippen LogP contribution in [0.1, 0.15) is 23.6 Å². The van der Waals surface area contributed by atoms with Crippen molar-refractivity contribution in [2.45, 2.75) is 38.9 Å². The van der Waals surface area contributed by atoms with Crippen molar-refractivity contribution in [1.82, 2.24) is 24.5 Å². The van der Waals surface area contributed by atoms with E-state index in [-0.39, 0.29) is 5.43 Å². The largest absolute Gasteiger partial charge is 0.380 e. The number of pyridine rings is 2. The Kier molecular flexibility index (Phi) is 4.35. The van der Waals surface area contributed by atoms with E-state index < -0.39 is 0 Å². The Hall–Kier alpha value is -3.48. The first-order chi connectivity index (χ1) is 14.2. The second-order valence-electron chi connectivity index (χ2n) is 7.48. The second-order valence-corrected chi connectivity index (χ2v) is 7.48. The summed E-state index contributed by atoms with van der Waals surface area (Å²) < 4.78 is 3.67. The Balaban J connectivity index is 1.49. The highest BCUT2D eigenvalue weighted by atomic mass is 16.1. The minimum atomic E-state index is -0.00828. The molecule has 0 unspecified atom stereocenters. The normalized spacial score (nSPS) is 13.7. The van der Waals surface area contributed by atoms with Crippen molar-refractivity contribution in [1.29, 1.82) is 0 Å². The van der Waals surface area contributed by atoms with Crippen LogP contribution < -0.4 is 10.7 Å². The molecule has 0 fully saturated rings. The first kappa shape index (κ1) is 17.6. The molecule has 3 heterocycles. The molecule has 0 radical (unpaired) electrons. The van der Waals surface area contributed by atoms with Gasteiger partial charge in [0.25, 0.3) is 0 Å². The molecule has 1 aliphatic carbocycles. The van der Waals surface area contributed by atoms with Gasteiger partial charge in [0, 0.05) is 30.5 Å². The maximum atomic E-state index is 13.1. The molecule has 0 saturated carbocycles. The Bertz CT molecular complexity index is 1200. The Morgan fingerprint density at radius 2 is 2.00 bits per heavy atom. The highest BCUT2D eigenvalue weighted by Crippen LogP contribution is 2.25. The van der Waals surface area contributed by atoms with Crippen molar-refractivity contribution in [3.8, 4) is 0 Å². The third-order valence-electron chi connectivity index (χ3n) is 5.55. The van der Waals surface area contributed by atoms with E-state index in [1.165, 1.54) is 11.1 Å². The molecule has 0 spiro atoms. The van der Waals surface area contributed by atoms with Crippen molar-refractivity contribution in [2.75, 3.05) is 5.32 Å². The predicted octanol–water partition coefficient (Wildman–Crippen LogP) is 2.64. The summed E-state index contributed by atoms with van der Waals surface area (Å²) in [6, 6.07) is 10.8. The van der Waals surface area contributed by atoms with Crippen LogP contribution in [0.25, 0.3) is 11.0 Å². The van der Waals surface area contributed by atoms with Gasteiger partial charge in [-0.1, -0.05) is 29.5 Å². The topological polar surface area (TPSA) is 77.6 Å². The third-order valence-corrected chi connectivity index (χ3v) is 5.55. The second kappa shape index (κ2) is 7.16. The summed E-state index contributed by atoms with van der Waals surface area (Å²) in [6.45, 7) is 3.18. The summed E-state index contributed by atoms with van der Waals surface area (Å²) >= 11 is 0. The minimum Gasteiger partial charge on any atom is -0.380 e. The zero-order valence-corrected chi connectivity index (χ0v) is 16.2. The molecule has 7 nitrogen and oxygen atoms in total. The molecule has 7 heteroatoms. The van der Waals surface area contributed by atoms with Crippen LogP contribution in [0.4, 0.5) is 5.69 Å². The summed E-state index contributed by atoms with van der Waals surface area (Å²) in [5.74, 6) is 0. The van der Waals surface area contributed by atoms with Crippen LogP contribution in [0.5, 0.6) is 0 Å². The molecule has 0 aliphatic heterocycles. The Morgan fingerprint density at radius 3 is 2.69 bits per heavy atom. The van der Waals surface area contributed by atoms with E-state index in [0.29, 0.717) is 29.2 Å². The first-order valence-corrected chi connectivity index (χ1v) is 9.90. The molecule has 4 aromatic rings. The quantitative estimate of drug-likeness (QED) is 0.571. The van der Waals surface area contributed by atoms with Crippen molar-refractivity contribution < 1.29 is 0 Å². The molecule has 146 valence electrons. The van der Waals surface area contributed by atoms with Gasteiger partial charge in [0.05, 0.1) is 30.0 Å². The summed E-state index contributed by atoms with van der Waals surface area (Å²) in [7, 11) is 0.